The highest BCUT2D eigenvalue weighted by Crippen LogP contribution is 2.37. The predicted octanol–water partition coefficient (Wildman–Crippen LogP) is 3.95. The molecule has 24 heavy (non-hydrogen) atoms. The Morgan fingerprint density at radius 1 is 1.17 bits per heavy atom. The van der Waals surface area contributed by atoms with Gasteiger partial charge in [0.1, 0.15) is 0 Å². The van der Waals surface area contributed by atoms with Gasteiger partial charge in [-0.15, -0.1) is 0 Å². The molecule has 0 spiro atoms. The van der Waals surface area contributed by atoms with Crippen molar-refractivity contribution < 1.29 is 17.4 Å². The van der Waals surface area contributed by atoms with Gasteiger partial charge >= 0.3 is 6.18 Å². The molecule has 2 aromatic carbocycles. The lowest BCUT2D eigenvalue weighted by atomic mass is 10.1. The van der Waals surface area contributed by atoms with Crippen LogP contribution in [-0.2, 0) is 23.5 Å². The summed E-state index contributed by atoms with van der Waals surface area (Å²) in [7, 11) is 0.435. The summed E-state index contributed by atoms with van der Waals surface area (Å²) in [5.41, 5.74) is 0.115. The van der Waals surface area contributed by atoms with E-state index < -0.39 is 22.5 Å². The van der Waals surface area contributed by atoms with Crippen molar-refractivity contribution in [2.24, 2.45) is 0 Å². The fourth-order valence-corrected chi connectivity index (χ4v) is 2.82. The first-order chi connectivity index (χ1) is 11.2. The summed E-state index contributed by atoms with van der Waals surface area (Å²) in [6, 6.07) is 12.0. The number of nitriles is 1. The van der Waals surface area contributed by atoms with Crippen LogP contribution < -0.4 is 4.90 Å². The number of hydrogen-bond acceptors (Lipinski definition) is 3. The lowest BCUT2D eigenvalue weighted by Crippen LogP contribution is -2.21. The SMILES string of the molecule is CN(Cc1ccc(S(C)=O)cc1)c1cc(C#N)ccc1C(F)(F)F. The van der Waals surface area contributed by atoms with E-state index in [4.69, 9.17) is 5.26 Å². The Morgan fingerprint density at radius 3 is 2.29 bits per heavy atom. The Kier molecular flexibility index (Phi) is 5.30. The van der Waals surface area contributed by atoms with Crippen molar-refractivity contribution in [2.45, 2.75) is 17.6 Å². The maximum atomic E-state index is 13.2. The minimum absolute atomic E-state index is 0.0512. The highest BCUT2D eigenvalue weighted by atomic mass is 32.2. The molecular weight excluding hydrogens is 337 g/mol. The van der Waals surface area contributed by atoms with Crippen LogP contribution in [0.3, 0.4) is 0 Å². The van der Waals surface area contributed by atoms with Crippen LogP contribution in [0.4, 0.5) is 18.9 Å². The zero-order chi connectivity index (χ0) is 17.9. The summed E-state index contributed by atoms with van der Waals surface area (Å²) in [6.45, 7) is 0.231. The molecule has 0 fully saturated rings. The van der Waals surface area contributed by atoms with Crippen molar-refractivity contribution in [3.8, 4) is 6.07 Å². The van der Waals surface area contributed by atoms with Gasteiger partial charge in [-0.3, -0.25) is 4.21 Å². The maximum absolute atomic E-state index is 13.2. The third-order valence-electron chi connectivity index (χ3n) is 3.52. The number of halogens is 3. The largest absolute Gasteiger partial charge is 0.418 e. The molecule has 0 saturated heterocycles. The number of anilines is 1. The molecule has 0 radical (unpaired) electrons. The number of alkyl halides is 3. The van der Waals surface area contributed by atoms with Crippen LogP contribution in [0.2, 0.25) is 0 Å². The Hall–Kier alpha value is -2.33. The van der Waals surface area contributed by atoms with Gasteiger partial charge in [0.05, 0.1) is 22.9 Å². The molecule has 0 saturated carbocycles. The van der Waals surface area contributed by atoms with Crippen LogP contribution in [0.5, 0.6) is 0 Å². The Balaban J connectivity index is 2.33. The molecule has 0 amide bonds. The number of benzene rings is 2. The number of nitrogens with zero attached hydrogens (tertiary/aromatic N) is 2. The van der Waals surface area contributed by atoms with Crippen LogP contribution in [0.25, 0.3) is 0 Å². The molecule has 0 aromatic heterocycles. The Labute approximate surface area is 140 Å². The van der Waals surface area contributed by atoms with Gasteiger partial charge in [-0.1, -0.05) is 12.1 Å². The van der Waals surface area contributed by atoms with Crippen molar-refractivity contribution in [2.75, 3.05) is 18.2 Å². The first kappa shape index (κ1) is 18.0. The van der Waals surface area contributed by atoms with E-state index in [1.54, 1.807) is 30.5 Å². The van der Waals surface area contributed by atoms with E-state index in [-0.39, 0.29) is 17.8 Å². The fraction of sp³-hybridized carbons (Fsp3) is 0.235. The summed E-state index contributed by atoms with van der Waals surface area (Å²) in [4.78, 5) is 2.10. The highest BCUT2D eigenvalue weighted by molar-refractivity contribution is 7.84. The van der Waals surface area contributed by atoms with Crippen LogP contribution in [0.1, 0.15) is 16.7 Å². The van der Waals surface area contributed by atoms with Crippen molar-refractivity contribution >= 4 is 16.5 Å². The topological polar surface area (TPSA) is 44.1 Å². The Bertz CT molecular complexity index is 795. The fourth-order valence-electron chi connectivity index (χ4n) is 2.30. The normalized spacial score (nSPS) is 12.5. The van der Waals surface area contributed by atoms with E-state index in [1.165, 1.54) is 18.0 Å². The second-order valence-electron chi connectivity index (χ2n) is 5.30. The quantitative estimate of drug-likeness (QED) is 0.837. The molecule has 0 aliphatic heterocycles. The smallest absolute Gasteiger partial charge is 0.370 e. The molecule has 2 rings (SSSR count). The zero-order valence-electron chi connectivity index (χ0n) is 13.1. The Morgan fingerprint density at radius 2 is 1.79 bits per heavy atom. The molecule has 0 aliphatic carbocycles. The van der Waals surface area contributed by atoms with Crippen LogP contribution in [0, 0.1) is 11.3 Å². The molecule has 7 heteroatoms. The highest BCUT2D eigenvalue weighted by Gasteiger charge is 2.34. The third kappa shape index (κ3) is 4.15. The van der Waals surface area contributed by atoms with Crippen LogP contribution in [-0.4, -0.2) is 17.5 Å². The average molecular weight is 352 g/mol. The van der Waals surface area contributed by atoms with Crippen molar-refractivity contribution in [1.82, 2.24) is 0 Å². The van der Waals surface area contributed by atoms with Gasteiger partial charge in [0.15, 0.2) is 0 Å². The second-order valence-corrected chi connectivity index (χ2v) is 6.68. The summed E-state index contributed by atoms with van der Waals surface area (Å²) in [5.74, 6) is 0. The van der Waals surface area contributed by atoms with E-state index in [0.717, 1.165) is 17.7 Å². The minimum Gasteiger partial charge on any atom is -0.370 e. The van der Waals surface area contributed by atoms with Gasteiger partial charge in [0.2, 0.25) is 0 Å². The molecule has 1 atom stereocenters. The van der Waals surface area contributed by atoms with Gasteiger partial charge in [-0.2, -0.15) is 18.4 Å². The number of rotatable bonds is 4. The maximum Gasteiger partial charge on any atom is 0.418 e. The molecule has 0 N–H and O–H groups in total. The van der Waals surface area contributed by atoms with Crippen molar-refractivity contribution in [1.29, 1.82) is 5.26 Å². The molecule has 1 unspecified atom stereocenters. The lowest BCUT2D eigenvalue weighted by molar-refractivity contribution is -0.137. The van der Waals surface area contributed by atoms with E-state index in [2.05, 4.69) is 0 Å². The monoisotopic (exact) mass is 352 g/mol. The van der Waals surface area contributed by atoms with Crippen molar-refractivity contribution in [3.05, 3.63) is 59.2 Å². The van der Waals surface area contributed by atoms with E-state index >= 15 is 0 Å². The van der Waals surface area contributed by atoms with E-state index in [0.29, 0.717) is 4.90 Å². The van der Waals surface area contributed by atoms with Gasteiger partial charge < -0.3 is 4.90 Å². The van der Waals surface area contributed by atoms with Gasteiger partial charge in [-0.25, -0.2) is 0 Å². The third-order valence-corrected chi connectivity index (χ3v) is 4.45. The predicted molar refractivity (Wildman–Crippen MR) is 87.0 cm³/mol. The molecule has 0 aliphatic rings. The van der Waals surface area contributed by atoms with Gasteiger partial charge in [0, 0.05) is 35.5 Å². The zero-order valence-corrected chi connectivity index (χ0v) is 13.9. The van der Waals surface area contributed by atoms with Crippen LogP contribution >= 0.6 is 0 Å². The first-order valence-electron chi connectivity index (χ1n) is 6.97. The molecular formula is C17H15F3N2OS. The minimum atomic E-state index is -4.50. The van der Waals surface area contributed by atoms with E-state index in [9.17, 15) is 17.4 Å². The molecule has 126 valence electrons. The standard InChI is InChI=1S/C17H15F3N2OS/c1-22(11-12-3-6-14(7-4-12)24(2)23)16-9-13(10-21)5-8-15(16)17(18,19)20/h3-9H,11H2,1-2H3. The van der Waals surface area contributed by atoms with Crippen molar-refractivity contribution in [3.63, 3.8) is 0 Å². The summed E-state index contributed by atoms with van der Waals surface area (Å²) in [6.07, 6.45) is -2.94. The van der Waals surface area contributed by atoms with Crippen LogP contribution in [0.15, 0.2) is 47.4 Å². The lowest BCUT2D eigenvalue weighted by Gasteiger charge is -2.24. The summed E-state index contributed by atoms with van der Waals surface area (Å²) >= 11 is 0. The second kappa shape index (κ2) is 7.05. The molecule has 2 aromatic rings. The number of hydrogen-bond donors (Lipinski definition) is 0. The van der Waals surface area contributed by atoms with E-state index in [1.807, 2.05) is 6.07 Å². The molecule has 0 heterocycles. The average Bonchev–Trinajstić information content (AvgIpc) is 2.53. The van der Waals surface area contributed by atoms with Gasteiger partial charge in [-0.05, 0) is 35.9 Å². The molecule has 0 bridgehead atoms. The summed E-state index contributed by atoms with van der Waals surface area (Å²) < 4.78 is 50.9. The van der Waals surface area contributed by atoms with Gasteiger partial charge in [0.25, 0.3) is 0 Å². The first-order valence-corrected chi connectivity index (χ1v) is 8.53. The molecule has 3 nitrogen and oxygen atoms in total. The summed E-state index contributed by atoms with van der Waals surface area (Å²) in [5, 5.41) is 8.93.